The molecule has 6 nitrogen and oxygen atoms in total. The van der Waals surface area contributed by atoms with E-state index in [2.05, 4.69) is 21.2 Å². The van der Waals surface area contributed by atoms with E-state index in [-0.39, 0.29) is 18.1 Å². The van der Waals surface area contributed by atoms with Gasteiger partial charge in [-0.15, -0.1) is 0 Å². The van der Waals surface area contributed by atoms with Crippen LogP contribution in [0.1, 0.15) is 40.0 Å². The summed E-state index contributed by atoms with van der Waals surface area (Å²) >= 11 is 3.42. The fourth-order valence-electron chi connectivity index (χ4n) is 2.38. The average Bonchev–Trinajstić information content (AvgIpc) is 2.38. The van der Waals surface area contributed by atoms with Crippen LogP contribution < -0.4 is 11.1 Å². The molecule has 21 heavy (non-hydrogen) atoms. The molecule has 0 fully saturated rings. The summed E-state index contributed by atoms with van der Waals surface area (Å²) < 4.78 is 12.0. The lowest BCUT2D eigenvalue weighted by Crippen LogP contribution is -2.54. The molecule has 0 aliphatic heterocycles. The maximum Gasteiger partial charge on any atom is 0.404 e. The molecule has 1 aliphatic rings. The number of nitrogens with two attached hydrogens (primary N) is 1. The van der Waals surface area contributed by atoms with Gasteiger partial charge < -0.3 is 20.5 Å². The Morgan fingerprint density at radius 3 is 2.57 bits per heavy atom. The molecular formula is C14H23BrN2O4. The van der Waals surface area contributed by atoms with E-state index in [1.807, 2.05) is 19.9 Å². The lowest BCUT2D eigenvalue weighted by Gasteiger charge is -2.37. The van der Waals surface area contributed by atoms with Crippen LogP contribution in [0.3, 0.4) is 0 Å². The Hall–Kier alpha value is -1.08. The quantitative estimate of drug-likeness (QED) is 0.757. The van der Waals surface area contributed by atoms with Crippen molar-refractivity contribution in [1.82, 2.24) is 5.32 Å². The highest BCUT2D eigenvalue weighted by atomic mass is 79.9. The molecule has 0 aromatic heterocycles. The smallest absolute Gasteiger partial charge is 0.404 e. The van der Waals surface area contributed by atoms with Crippen LogP contribution in [0.2, 0.25) is 0 Å². The van der Waals surface area contributed by atoms with Crippen molar-refractivity contribution in [3.05, 3.63) is 10.6 Å². The Morgan fingerprint density at radius 1 is 1.48 bits per heavy atom. The van der Waals surface area contributed by atoms with E-state index >= 15 is 0 Å². The first-order chi connectivity index (χ1) is 9.87. The van der Waals surface area contributed by atoms with Gasteiger partial charge in [-0.25, -0.2) is 4.79 Å². The third-order valence-electron chi connectivity index (χ3n) is 3.39. The summed E-state index contributed by atoms with van der Waals surface area (Å²) in [6.45, 7) is 5.50. The van der Waals surface area contributed by atoms with Gasteiger partial charge in [-0.2, -0.15) is 0 Å². The van der Waals surface area contributed by atoms with E-state index in [1.54, 1.807) is 0 Å². The molecule has 0 radical (unpaired) electrons. The van der Waals surface area contributed by atoms with Crippen molar-refractivity contribution >= 4 is 27.9 Å². The summed E-state index contributed by atoms with van der Waals surface area (Å²) in [4.78, 5) is 22.5. The molecule has 1 rings (SSSR count). The van der Waals surface area contributed by atoms with E-state index in [0.29, 0.717) is 6.42 Å². The standard InChI is InChI=1S/C14H23BrN2O4/c1-4-10(5-2)20-11-6-9(15)7-12(21-14(16)19)13(11)17-8(3)18/h6,10-13H,4-5,7H2,1-3H3,(H2,16,19)(H,17,18). The molecular weight excluding hydrogens is 340 g/mol. The minimum atomic E-state index is -0.862. The summed E-state index contributed by atoms with van der Waals surface area (Å²) in [6.07, 6.45) is 2.39. The topological polar surface area (TPSA) is 90.7 Å². The van der Waals surface area contributed by atoms with Crippen molar-refractivity contribution in [2.45, 2.75) is 64.4 Å². The summed E-state index contributed by atoms with van der Waals surface area (Å²) in [6, 6.07) is -0.447. The molecule has 0 bridgehead atoms. The lowest BCUT2D eigenvalue weighted by atomic mass is 9.95. The van der Waals surface area contributed by atoms with Gasteiger partial charge in [0.15, 0.2) is 0 Å². The number of primary amides is 1. The number of hydrogen-bond donors (Lipinski definition) is 2. The zero-order chi connectivity index (χ0) is 16.0. The molecule has 0 spiro atoms. The second-order valence-electron chi connectivity index (χ2n) is 5.06. The normalized spacial score (nSPS) is 25.4. The molecule has 2 amide bonds. The highest BCUT2D eigenvalue weighted by Gasteiger charge is 2.37. The molecule has 7 heteroatoms. The maximum absolute atomic E-state index is 11.4. The minimum absolute atomic E-state index is 0.0788. The van der Waals surface area contributed by atoms with Crippen LogP contribution in [-0.4, -0.2) is 36.4 Å². The Bertz CT molecular complexity index is 410. The average molecular weight is 363 g/mol. The van der Waals surface area contributed by atoms with Crippen LogP contribution in [0.25, 0.3) is 0 Å². The largest absolute Gasteiger partial charge is 0.444 e. The van der Waals surface area contributed by atoms with Crippen LogP contribution in [0, 0.1) is 0 Å². The van der Waals surface area contributed by atoms with E-state index < -0.39 is 18.2 Å². The summed E-state index contributed by atoms with van der Waals surface area (Å²) in [5.41, 5.74) is 5.11. The minimum Gasteiger partial charge on any atom is -0.444 e. The van der Waals surface area contributed by atoms with Crippen molar-refractivity contribution in [2.24, 2.45) is 5.73 Å². The molecule has 0 saturated heterocycles. The third kappa shape index (κ3) is 5.67. The van der Waals surface area contributed by atoms with Gasteiger partial charge in [0.2, 0.25) is 5.91 Å². The SMILES string of the molecule is CCC(CC)OC1C=C(Br)CC(OC(N)=O)C1NC(C)=O. The van der Waals surface area contributed by atoms with E-state index in [0.717, 1.165) is 17.3 Å². The van der Waals surface area contributed by atoms with Gasteiger partial charge in [0.25, 0.3) is 0 Å². The predicted octanol–water partition coefficient (Wildman–Crippen LogP) is 2.21. The number of amides is 2. The van der Waals surface area contributed by atoms with Gasteiger partial charge in [0.1, 0.15) is 12.2 Å². The van der Waals surface area contributed by atoms with Gasteiger partial charge >= 0.3 is 6.09 Å². The summed E-state index contributed by atoms with van der Waals surface area (Å²) in [5.74, 6) is -0.206. The highest BCUT2D eigenvalue weighted by molar-refractivity contribution is 9.11. The van der Waals surface area contributed by atoms with E-state index in [4.69, 9.17) is 15.2 Å². The Labute approximate surface area is 133 Å². The Morgan fingerprint density at radius 2 is 2.10 bits per heavy atom. The fourth-order valence-corrected chi connectivity index (χ4v) is 2.96. The molecule has 3 atom stereocenters. The second-order valence-corrected chi connectivity index (χ2v) is 6.08. The van der Waals surface area contributed by atoms with Crippen molar-refractivity contribution in [3.8, 4) is 0 Å². The fraction of sp³-hybridized carbons (Fsp3) is 0.714. The number of nitrogens with one attached hydrogen (secondary N) is 1. The molecule has 0 aromatic carbocycles. The van der Waals surface area contributed by atoms with Crippen LogP contribution in [0.5, 0.6) is 0 Å². The molecule has 0 heterocycles. The van der Waals surface area contributed by atoms with Gasteiger partial charge in [0, 0.05) is 13.3 Å². The highest BCUT2D eigenvalue weighted by Crippen LogP contribution is 2.29. The first kappa shape index (κ1) is 18.0. The first-order valence-corrected chi connectivity index (χ1v) is 7.91. The molecule has 3 N–H and O–H groups in total. The number of hydrogen-bond acceptors (Lipinski definition) is 4. The van der Waals surface area contributed by atoms with E-state index in [9.17, 15) is 9.59 Å². The van der Waals surface area contributed by atoms with Gasteiger partial charge in [0.05, 0.1) is 12.1 Å². The molecule has 0 aromatic rings. The van der Waals surface area contributed by atoms with Crippen molar-refractivity contribution in [1.29, 1.82) is 0 Å². The van der Waals surface area contributed by atoms with Crippen molar-refractivity contribution in [3.63, 3.8) is 0 Å². The third-order valence-corrected chi connectivity index (χ3v) is 3.98. The number of rotatable bonds is 6. The lowest BCUT2D eigenvalue weighted by molar-refractivity contribution is -0.123. The Kier molecular flexibility index (Phi) is 7.17. The molecule has 1 aliphatic carbocycles. The summed E-state index contributed by atoms with van der Waals surface area (Å²) in [5, 5.41) is 2.80. The zero-order valence-corrected chi connectivity index (χ0v) is 14.2. The van der Waals surface area contributed by atoms with Crippen molar-refractivity contribution in [2.75, 3.05) is 0 Å². The number of halogens is 1. The molecule has 3 unspecified atom stereocenters. The monoisotopic (exact) mass is 362 g/mol. The summed E-state index contributed by atoms with van der Waals surface area (Å²) in [7, 11) is 0. The van der Waals surface area contributed by atoms with Gasteiger partial charge in [-0.05, 0) is 23.4 Å². The van der Waals surface area contributed by atoms with Gasteiger partial charge in [-0.3, -0.25) is 4.79 Å². The van der Waals surface area contributed by atoms with Crippen molar-refractivity contribution < 1.29 is 19.1 Å². The predicted molar refractivity (Wildman–Crippen MR) is 82.9 cm³/mol. The van der Waals surface area contributed by atoms with E-state index in [1.165, 1.54) is 6.92 Å². The number of carbonyl (C=O) groups is 2. The molecule has 0 saturated carbocycles. The zero-order valence-electron chi connectivity index (χ0n) is 12.6. The number of ether oxygens (including phenoxy) is 2. The van der Waals surface area contributed by atoms with Crippen LogP contribution in [-0.2, 0) is 14.3 Å². The molecule has 120 valence electrons. The van der Waals surface area contributed by atoms with Gasteiger partial charge in [-0.1, -0.05) is 29.8 Å². The van der Waals surface area contributed by atoms with Crippen LogP contribution in [0.4, 0.5) is 4.79 Å². The first-order valence-electron chi connectivity index (χ1n) is 7.12. The number of carbonyl (C=O) groups excluding carboxylic acids is 2. The van der Waals surface area contributed by atoms with Crippen LogP contribution in [0.15, 0.2) is 10.6 Å². The second kappa shape index (κ2) is 8.38. The van der Waals surface area contributed by atoms with Crippen LogP contribution >= 0.6 is 15.9 Å². The maximum atomic E-state index is 11.4. The Balaban J connectivity index is 2.95.